The highest BCUT2D eigenvalue weighted by Gasteiger charge is 2.05. The van der Waals surface area contributed by atoms with Crippen LogP contribution in [0.4, 0.5) is 0 Å². The normalized spacial score (nSPS) is 11.1. The molecule has 0 radical (unpaired) electrons. The summed E-state index contributed by atoms with van der Waals surface area (Å²) < 4.78 is 0. The van der Waals surface area contributed by atoms with Gasteiger partial charge >= 0.3 is 0 Å². The lowest BCUT2D eigenvalue weighted by Gasteiger charge is -2.05. The Morgan fingerprint density at radius 3 is 2.67 bits per heavy atom. The van der Waals surface area contributed by atoms with Crippen molar-refractivity contribution in [2.45, 2.75) is 39.5 Å². The van der Waals surface area contributed by atoms with E-state index in [-0.39, 0.29) is 0 Å². The highest BCUT2D eigenvalue weighted by Crippen LogP contribution is 2.20. The van der Waals surface area contributed by atoms with Crippen LogP contribution in [0.5, 0.6) is 0 Å². The van der Waals surface area contributed by atoms with E-state index in [2.05, 4.69) is 35.9 Å². The Hall–Kier alpha value is -1.31. The van der Waals surface area contributed by atoms with Crippen LogP contribution < -0.4 is 0 Å². The molecule has 0 saturated heterocycles. The number of fused-ring (bicyclic) bond motifs is 1. The largest absolute Gasteiger partial charge is 0.344 e. The zero-order valence-corrected chi connectivity index (χ0v) is 9.51. The van der Waals surface area contributed by atoms with Crippen molar-refractivity contribution < 1.29 is 0 Å². The summed E-state index contributed by atoms with van der Waals surface area (Å²) in [6.07, 6.45) is 6.46. The zero-order chi connectivity index (χ0) is 10.7. The SMILES string of the molecule is CCCc1cc(CCC)c2[nH]cnc2c1. The van der Waals surface area contributed by atoms with E-state index < -0.39 is 0 Å². The second-order valence-corrected chi connectivity index (χ2v) is 4.05. The van der Waals surface area contributed by atoms with E-state index in [0.717, 1.165) is 18.4 Å². The zero-order valence-electron chi connectivity index (χ0n) is 9.51. The van der Waals surface area contributed by atoms with Crippen molar-refractivity contribution in [1.82, 2.24) is 9.97 Å². The molecular formula is C13H18N2. The van der Waals surface area contributed by atoms with Gasteiger partial charge in [-0.1, -0.05) is 32.8 Å². The van der Waals surface area contributed by atoms with Crippen molar-refractivity contribution in [3.8, 4) is 0 Å². The molecule has 0 aliphatic rings. The molecule has 1 N–H and O–H groups in total. The van der Waals surface area contributed by atoms with Gasteiger partial charge in [-0.3, -0.25) is 0 Å². The van der Waals surface area contributed by atoms with Crippen molar-refractivity contribution in [2.24, 2.45) is 0 Å². The van der Waals surface area contributed by atoms with E-state index in [9.17, 15) is 0 Å². The Bertz CT molecular complexity index is 443. The van der Waals surface area contributed by atoms with Crippen LogP contribution in [-0.4, -0.2) is 9.97 Å². The molecule has 0 spiro atoms. The average Bonchev–Trinajstić information content (AvgIpc) is 2.67. The molecule has 1 aromatic carbocycles. The number of nitrogens with one attached hydrogen (secondary N) is 1. The Morgan fingerprint density at radius 2 is 1.93 bits per heavy atom. The molecule has 1 heterocycles. The van der Waals surface area contributed by atoms with Crippen LogP contribution in [0.2, 0.25) is 0 Å². The predicted octanol–water partition coefficient (Wildman–Crippen LogP) is 3.47. The molecule has 80 valence electrons. The summed E-state index contributed by atoms with van der Waals surface area (Å²) in [5.74, 6) is 0. The summed E-state index contributed by atoms with van der Waals surface area (Å²) in [5.41, 5.74) is 5.16. The molecule has 2 heteroatoms. The Morgan fingerprint density at radius 1 is 1.13 bits per heavy atom. The highest BCUT2D eigenvalue weighted by atomic mass is 14.9. The molecule has 0 aliphatic carbocycles. The first-order valence-corrected chi connectivity index (χ1v) is 5.80. The van der Waals surface area contributed by atoms with Gasteiger partial charge < -0.3 is 4.98 Å². The van der Waals surface area contributed by atoms with Crippen LogP contribution in [-0.2, 0) is 12.8 Å². The third-order valence-electron chi connectivity index (χ3n) is 2.73. The number of aromatic amines is 1. The first-order chi connectivity index (χ1) is 7.35. The minimum atomic E-state index is 1.12. The van der Waals surface area contributed by atoms with Gasteiger partial charge in [0, 0.05) is 0 Å². The van der Waals surface area contributed by atoms with E-state index in [1.807, 2.05) is 0 Å². The summed E-state index contributed by atoms with van der Waals surface area (Å²) in [5, 5.41) is 0. The third-order valence-corrected chi connectivity index (χ3v) is 2.73. The van der Waals surface area contributed by atoms with E-state index in [1.165, 1.54) is 29.5 Å². The van der Waals surface area contributed by atoms with Crippen molar-refractivity contribution in [2.75, 3.05) is 0 Å². The standard InChI is InChI=1S/C13H18N2/c1-3-5-10-7-11(6-4-2)13-12(8-10)14-9-15-13/h7-9H,3-6H2,1-2H3,(H,14,15). The van der Waals surface area contributed by atoms with Crippen molar-refractivity contribution in [1.29, 1.82) is 0 Å². The molecule has 0 aliphatic heterocycles. The minimum absolute atomic E-state index is 1.12. The quantitative estimate of drug-likeness (QED) is 0.808. The first kappa shape index (κ1) is 10.2. The molecule has 2 rings (SSSR count). The summed E-state index contributed by atoms with van der Waals surface area (Å²) in [4.78, 5) is 7.58. The van der Waals surface area contributed by atoms with Crippen LogP contribution in [0.25, 0.3) is 11.0 Å². The molecule has 0 atom stereocenters. The maximum absolute atomic E-state index is 4.35. The number of hydrogen-bond donors (Lipinski definition) is 1. The Balaban J connectivity index is 2.48. The van der Waals surface area contributed by atoms with Crippen molar-refractivity contribution >= 4 is 11.0 Å². The molecule has 2 nitrogen and oxygen atoms in total. The van der Waals surface area contributed by atoms with Gasteiger partial charge in [0.05, 0.1) is 17.4 Å². The van der Waals surface area contributed by atoms with Crippen molar-refractivity contribution in [3.63, 3.8) is 0 Å². The van der Waals surface area contributed by atoms with Crippen LogP contribution >= 0.6 is 0 Å². The molecule has 0 fully saturated rings. The highest BCUT2D eigenvalue weighted by molar-refractivity contribution is 5.79. The number of H-pyrrole nitrogens is 1. The lowest BCUT2D eigenvalue weighted by Crippen LogP contribution is -1.91. The fourth-order valence-electron chi connectivity index (χ4n) is 2.08. The number of imidazole rings is 1. The number of hydrogen-bond acceptors (Lipinski definition) is 1. The van der Waals surface area contributed by atoms with Crippen molar-refractivity contribution in [3.05, 3.63) is 29.6 Å². The van der Waals surface area contributed by atoms with Crippen LogP contribution in [0.3, 0.4) is 0 Å². The second-order valence-electron chi connectivity index (χ2n) is 4.05. The van der Waals surface area contributed by atoms with Crippen LogP contribution in [0, 0.1) is 0 Å². The van der Waals surface area contributed by atoms with Gasteiger partial charge in [0.1, 0.15) is 0 Å². The molecule has 0 saturated carbocycles. The van der Waals surface area contributed by atoms with E-state index in [0.29, 0.717) is 0 Å². The van der Waals surface area contributed by atoms with Gasteiger partial charge in [-0.05, 0) is 30.0 Å². The summed E-state index contributed by atoms with van der Waals surface area (Å²) >= 11 is 0. The molecule has 2 aromatic rings. The summed E-state index contributed by atoms with van der Waals surface area (Å²) in [6.45, 7) is 4.43. The first-order valence-electron chi connectivity index (χ1n) is 5.80. The molecule has 0 unspecified atom stereocenters. The topological polar surface area (TPSA) is 28.7 Å². The van der Waals surface area contributed by atoms with Crippen LogP contribution in [0.1, 0.15) is 37.8 Å². The molecule has 15 heavy (non-hydrogen) atoms. The Labute approximate surface area is 90.7 Å². The number of aromatic nitrogens is 2. The average molecular weight is 202 g/mol. The van der Waals surface area contributed by atoms with Gasteiger partial charge in [-0.15, -0.1) is 0 Å². The van der Waals surface area contributed by atoms with Gasteiger partial charge in [-0.2, -0.15) is 0 Å². The lowest BCUT2D eigenvalue weighted by molar-refractivity contribution is 0.901. The van der Waals surface area contributed by atoms with Gasteiger partial charge in [-0.25, -0.2) is 4.98 Å². The molecule has 0 bridgehead atoms. The maximum atomic E-state index is 4.35. The van der Waals surface area contributed by atoms with Gasteiger partial charge in [0.2, 0.25) is 0 Å². The van der Waals surface area contributed by atoms with E-state index >= 15 is 0 Å². The lowest BCUT2D eigenvalue weighted by atomic mass is 10.0. The van der Waals surface area contributed by atoms with E-state index in [4.69, 9.17) is 0 Å². The van der Waals surface area contributed by atoms with Gasteiger partial charge in [0.15, 0.2) is 0 Å². The fourth-order valence-corrected chi connectivity index (χ4v) is 2.08. The second kappa shape index (κ2) is 4.47. The van der Waals surface area contributed by atoms with Gasteiger partial charge in [0.25, 0.3) is 0 Å². The smallest absolute Gasteiger partial charge is 0.0931 e. The summed E-state index contributed by atoms with van der Waals surface area (Å²) in [7, 11) is 0. The number of nitrogens with zero attached hydrogens (tertiary/aromatic N) is 1. The predicted molar refractivity (Wildman–Crippen MR) is 64.1 cm³/mol. The van der Waals surface area contributed by atoms with Crippen LogP contribution in [0.15, 0.2) is 18.5 Å². The maximum Gasteiger partial charge on any atom is 0.0931 e. The number of aryl methyl sites for hydroxylation is 2. The summed E-state index contributed by atoms with van der Waals surface area (Å²) in [6, 6.07) is 4.53. The van der Waals surface area contributed by atoms with E-state index in [1.54, 1.807) is 6.33 Å². The monoisotopic (exact) mass is 202 g/mol. The fraction of sp³-hybridized carbons (Fsp3) is 0.462. The molecule has 0 amide bonds. The minimum Gasteiger partial charge on any atom is -0.344 e. The number of rotatable bonds is 4. The Kier molecular flexibility index (Phi) is 3.05. The number of benzene rings is 1. The molecular weight excluding hydrogens is 184 g/mol. The molecule has 1 aromatic heterocycles. The third kappa shape index (κ3) is 2.04.